The second-order valence-corrected chi connectivity index (χ2v) is 13.3. The van der Waals surface area contributed by atoms with E-state index in [0.29, 0.717) is 19.5 Å². The fraction of sp³-hybridized carbons (Fsp3) is 0.395. The molecule has 3 aromatic carbocycles. The highest BCUT2D eigenvalue weighted by molar-refractivity contribution is 7.99. The molecule has 254 valence electrons. The molecule has 1 fully saturated rings. The van der Waals surface area contributed by atoms with Crippen molar-refractivity contribution in [2.24, 2.45) is 13.0 Å². The Morgan fingerprint density at radius 2 is 1.69 bits per heavy atom. The summed E-state index contributed by atoms with van der Waals surface area (Å²) in [5.74, 6) is 0.832. The van der Waals surface area contributed by atoms with Crippen molar-refractivity contribution in [3.63, 3.8) is 0 Å². The van der Waals surface area contributed by atoms with Crippen LogP contribution in [0.2, 0.25) is 0 Å². The minimum Gasteiger partial charge on any atom is -0.392 e. The van der Waals surface area contributed by atoms with Crippen molar-refractivity contribution in [2.45, 2.75) is 76.3 Å². The SMILES string of the molecule is CC(=O)NCCCCCC(=O)NCc1cccc(-c2ccc([C@H]3O[C@@H](CSc4nccn4C)[C@@H](C)[C@@H](c4ccc(CO)cc4)O3)cc2)c1. The van der Waals surface area contributed by atoms with Crippen LogP contribution in [-0.4, -0.2) is 44.9 Å². The normalized spacial score (nSPS) is 19.2. The molecule has 1 aliphatic rings. The van der Waals surface area contributed by atoms with Crippen LogP contribution in [0.4, 0.5) is 0 Å². The summed E-state index contributed by atoms with van der Waals surface area (Å²) in [4.78, 5) is 27.8. The third-order valence-electron chi connectivity index (χ3n) is 8.66. The lowest BCUT2D eigenvalue weighted by Gasteiger charge is -2.41. The zero-order valence-corrected chi connectivity index (χ0v) is 28.7. The number of aliphatic hydroxyl groups is 1. The monoisotopic (exact) mass is 670 g/mol. The maximum atomic E-state index is 12.4. The third-order valence-corrected chi connectivity index (χ3v) is 9.81. The molecule has 48 heavy (non-hydrogen) atoms. The number of hydrogen-bond donors (Lipinski definition) is 3. The van der Waals surface area contributed by atoms with E-state index in [1.807, 2.05) is 54.2 Å². The van der Waals surface area contributed by atoms with E-state index in [2.05, 4.69) is 58.9 Å². The van der Waals surface area contributed by atoms with Crippen LogP contribution in [0.3, 0.4) is 0 Å². The number of hydrogen-bond acceptors (Lipinski definition) is 7. The van der Waals surface area contributed by atoms with E-state index < -0.39 is 6.29 Å². The predicted octanol–water partition coefficient (Wildman–Crippen LogP) is 6.48. The number of thioether (sulfide) groups is 1. The molecule has 0 unspecified atom stereocenters. The van der Waals surface area contributed by atoms with Gasteiger partial charge in [-0.2, -0.15) is 0 Å². The number of imidazole rings is 1. The van der Waals surface area contributed by atoms with Crippen LogP contribution in [0.5, 0.6) is 0 Å². The van der Waals surface area contributed by atoms with Gasteiger partial charge in [-0.05, 0) is 46.7 Å². The number of carbonyl (C=O) groups excluding carboxylic acids is 2. The zero-order valence-electron chi connectivity index (χ0n) is 27.9. The van der Waals surface area contributed by atoms with Crippen molar-refractivity contribution in [1.29, 1.82) is 0 Å². The number of aromatic nitrogens is 2. The minimum absolute atomic E-state index is 0.00293. The van der Waals surface area contributed by atoms with Gasteiger partial charge in [0.2, 0.25) is 11.8 Å². The van der Waals surface area contributed by atoms with Crippen LogP contribution >= 0.6 is 11.8 Å². The predicted molar refractivity (Wildman–Crippen MR) is 188 cm³/mol. The number of aliphatic hydroxyl groups excluding tert-OH is 1. The Labute approximate surface area is 287 Å². The average Bonchev–Trinajstić information content (AvgIpc) is 3.52. The average molecular weight is 671 g/mol. The Balaban J connectivity index is 1.22. The van der Waals surface area contributed by atoms with Gasteiger partial charge in [-0.1, -0.05) is 91.8 Å². The summed E-state index contributed by atoms with van der Waals surface area (Å²) in [6.07, 6.45) is 5.99. The Hall–Kier alpha value is -3.96. The van der Waals surface area contributed by atoms with Crippen molar-refractivity contribution >= 4 is 23.6 Å². The first kappa shape index (κ1) is 35.3. The van der Waals surface area contributed by atoms with E-state index in [1.165, 1.54) is 6.92 Å². The molecule has 0 aliphatic carbocycles. The molecule has 1 aliphatic heterocycles. The number of carbonyl (C=O) groups is 2. The Morgan fingerprint density at radius 1 is 0.917 bits per heavy atom. The summed E-state index contributed by atoms with van der Waals surface area (Å²) >= 11 is 1.68. The summed E-state index contributed by atoms with van der Waals surface area (Å²) < 4.78 is 15.3. The van der Waals surface area contributed by atoms with E-state index in [-0.39, 0.29) is 36.5 Å². The Morgan fingerprint density at radius 3 is 2.40 bits per heavy atom. The molecular formula is C38H46N4O5S. The minimum atomic E-state index is -0.545. The van der Waals surface area contributed by atoms with Gasteiger partial charge in [-0.15, -0.1) is 0 Å². The molecule has 0 spiro atoms. The van der Waals surface area contributed by atoms with Gasteiger partial charge in [0.1, 0.15) is 0 Å². The molecule has 2 amide bonds. The zero-order chi connectivity index (χ0) is 33.9. The Kier molecular flexibility index (Phi) is 12.8. The van der Waals surface area contributed by atoms with Crippen molar-refractivity contribution in [3.05, 3.63) is 107 Å². The molecule has 0 radical (unpaired) electrons. The topological polar surface area (TPSA) is 115 Å². The van der Waals surface area contributed by atoms with Crippen LogP contribution in [0.25, 0.3) is 11.1 Å². The van der Waals surface area contributed by atoms with Crippen LogP contribution in [0.1, 0.15) is 74.2 Å². The highest BCUT2D eigenvalue weighted by Gasteiger charge is 2.38. The summed E-state index contributed by atoms with van der Waals surface area (Å²) in [6, 6.07) is 24.5. The fourth-order valence-electron chi connectivity index (χ4n) is 5.79. The number of aryl methyl sites for hydroxylation is 1. The first-order valence-electron chi connectivity index (χ1n) is 16.6. The molecule has 3 N–H and O–H groups in total. The summed E-state index contributed by atoms with van der Waals surface area (Å²) in [7, 11) is 1.99. The van der Waals surface area contributed by atoms with Gasteiger partial charge in [-0.25, -0.2) is 4.98 Å². The maximum Gasteiger partial charge on any atom is 0.220 e. The lowest BCUT2D eigenvalue weighted by Crippen LogP contribution is -2.38. The molecule has 1 saturated heterocycles. The summed E-state index contributed by atoms with van der Waals surface area (Å²) in [6.45, 7) is 4.80. The summed E-state index contributed by atoms with van der Waals surface area (Å²) in [5.41, 5.74) is 6.03. The molecular weight excluding hydrogens is 625 g/mol. The number of benzene rings is 3. The number of nitrogens with zero attached hydrogens (tertiary/aromatic N) is 2. The molecule has 0 saturated carbocycles. The van der Waals surface area contributed by atoms with E-state index >= 15 is 0 Å². The van der Waals surface area contributed by atoms with Crippen LogP contribution in [0, 0.1) is 5.92 Å². The second-order valence-electron chi connectivity index (χ2n) is 12.3. The van der Waals surface area contributed by atoms with Crippen LogP contribution in [-0.2, 0) is 39.3 Å². The van der Waals surface area contributed by atoms with E-state index in [9.17, 15) is 14.7 Å². The largest absolute Gasteiger partial charge is 0.392 e. The second kappa shape index (κ2) is 17.4. The van der Waals surface area contributed by atoms with Gasteiger partial charge >= 0.3 is 0 Å². The van der Waals surface area contributed by atoms with Gasteiger partial charge < -0.3 is 29.8 Å². The number of rotatable bonds is 15. The van der Waals surface area contributed by atoms with Crippen molar-refractivity contribution in [1.82, 2.24) is 20.2 Å². The van der Waals surface area contributed by atoms with Gasteiger partial charge in [0.05, 0.1) is 18.8 Å². The van der Waals surface area contributed by atoms with Gasteiger partial charge in [0, 0.05) is 63.1 Å². The van der Waals surface area contributed by atoms with E-state index in [0.717, 1.165) is 63.6 Å². The highest BCUT2D eigenvalue weighted by atomic mass is 32.2. The number of ether oxygens (including phenoxy) is 2. The quantitative estimate of drug-likeness (QED) is 0.0981. The number of amides is 2. The molecule has 4 aromatic rings. The molecule has 2 heterocycles. The molecule has 10 heteroatoms. The van der Waals surface area contributed by atoms with Gasteiger partial charge in [0.25, 0.3) is 0 Å². The molecule has 5 rings (SSSR count). The molecule has 1 aromatic heterocycles. The smallest absolute Gasteiger partial charge is 0.220 e. The van der Waals surface area contributed by atoms with Crippen molar-refractivity contribution in [2.75, 3.05) is 12.3 Å². The Bertz CT molecular complexity index is 1620. The van der Waals surface area contributed by atoms with Gasteiger partial charge in [-0.3, -0.25) is 9.59 Å². The lowest BCUT2D eigenvalue weighted by molar-refractivity contribution is -0.268. The molecule has 4 atom stereocenters. The van der Waals surface area contributed by atoms with Crippen molar-refractivity contribution in [3.8, 4) is 11.1 Å². The molecule has 0 bridgehead atoms. The lowest BCUT2D eigenvalue weighted by atomic mass is 9.91. The first-order valence-corrected chi connectivity index (χ1v) is 17.6. The van der Waals surface area contributed by atoms with Crippen LogP contribution < -0.4 is 10.6 Å². The van der Waals surface area contributed by atoms with E-state index in [4.69, 9.17) is 9.47 Å². The standard InChI is InChI=1S/C38H46N4O5S/c1-26-34(25-48-38-40-20-21-42(38)3)46-37(47-36(26)31-13-11-28(24-43)12-14-31)32-17-15-30(16-18-32)33-9-7-8-29(22-33)23-41-35(45)10-5-4-6-19-39-27(2)44/h7-9,11-18,20-22,26,34,36-37,43H,4-6,10,19,23-25H2,1-3H3,(H,39,44)(H,41,45)/t26-,34+,36+,37+/m1/s1. The van der Waals surface area contributed by atoms with E-state index in [1.54, 1.807) is 18.0 Å². The summed E-state index contributed by atoms with van der Waals surface area (Å²) in [5, 5.41) is 16.3. The van der Waals surface area contributed by atoms with Crippen molar-refractivity contribution < 1.29 is 24.2 Å². The first-order chi connectivity index (χ1) is 23.3. The number of nitrogens with one attached hydrogen (secondary N) is 2. The fourth-order valence-corrected chi connectivity index (χ4v) is 6.89. The third kappa shape index (κ3) is 9.79. The highest BCUT2D eigenvalue weighted by Crippen LogP contribution is 2.43. The van der Waals surface area contributed by atoms with Crippen LogP contribution in [0.15, 0.2) is 90.3 Å². The van der Waals surface area contributed by atoms with Gasteiger partial charge in [0.15, 0.2) is 11.4 Å². The molecule has 9 nitrogen and oxygen atoms in total. The number of unbranched alkanes of at least 4 members (excludes halogenated alkanes) is 2. The maximum absolute atomic E-state index is 12.4.